The molecule has 2 unspecified atom stereocenters. The van der Waals surface area contributed by atoms with Crippen LogP contribution in [0.25, 0.3) is 0 Å². The van der Waals surface area contributed by atoms with Crippen molar-refractivity contribution in [1.82, 2.24) is 10.2 Å². The second-order valence-electron chi connectivity index (χ2n) is 4.66. The third kappa shape index (κ3) is 3.64. The number of benzene rings is 1. The number of nitrogens with zero attached hydrogens (tertiary/aromatic N) is 2. The van der Waals surface area contributed by atoms with E-state index < -0.39 is 21.9 Å². The number of carbonyl (C=O) groups is 1. The van der Waals surface area contributed by atoms with Crippen LogP contribution >= 0.6 is 0 Å². The summed E-state index contributed by atoms with van der Waals surface area (Å²) in [7, 11) is -0.951. The van der Waals surface area contributed by atoms with E-state index in [1.165, 1.54) is 12.1 Å². The summed E-state index contributed by atoms with van der Waals surface area (Å²) in [6.07, 6.45) is -0.397. The van der Waals surface area contributed by atoms with Gasteiger partial charge in [-0.3, -0.25) is 24.4 Å². The third-order valence-electron chi connectivity index (χ3n) is 3.36. The molecule has 1 fully saturated rings. The average molecular weight is 311 g/mol. The van der Waals surface area contributed by atoms with Crippen molar-refractivity contribution in [2.75, 3.05) is 24.6 Å². The highest BCUT2D eigenvalue weighted by atomic mass is 32.2. The topological polar surface area (TPSA) is 92.6 Å². The van der Waals surface area contributed by atoms with E-state index in [9.17, 15) is 19.1 Å². The maximum absolute atomic E-state index is 11.9. The molecule has 2 rings (SSSR count). The first-order valence-electron chi connectivity index (χ1n) is 6.65. The van der Waals surface area contributed by atoms with E-state index in [4.69, 9.17) is 0 Å². The van der Waals surface area contributed by atoms with Gasteiger partial charge >= 0.3 is 0 Å². The number of amides is 1. The second kappa shape index (κ2) is 6.77. The largest absolute Gasteiger partial charge is 0.321 e. The molecule has 7 nitrogen and oxygen atoms in total. The fourth-order valence-electron chi connectivity index (χ4n) is 2.24. The minimum absolute atomic E-state index is 0.00858. The van der Waals surface area contributed by atoms with Crippen molar-refractivity contribution in [2.45, 2.75) is 13.1 Å². The molecule has 1 saturated heterocycles. The molecule has 1 aliphatic heterocycles. The minimum atomic E-state index is -0.951. The lowest BCUT2D eigenvalue weighted by Gasteiger charge is -2.24. The Bertz CT molecular complexity index is 578. The van der Waals surface area contributed by atoms with Crippen LogP contribution in [0, 0.1) is 10.1 Å². The predicted octanol–water partition coefficient (Wildman–Crippen LogP) is 0.794. The molecule has 1 aromatic carbocycles. The Hall–Kier alpha value is -1.80. The van der Waals surface area contributed by atoms with Crippen molar-refractivity contribution >= 4 is 22.4 Å². The van der Waals surface area contributed by atoms with Crippen molar-refractivity contribution in [1.29, 1.82) is 0 Å². The van der Waals surface area contributed by atoms with Gasteiger partial charge in [-0.25, -0.2) is 0 Å². The number of nitro benzene ring substituents is 1. The number of carbonyl (C=O) groups excluding carboxylic acids is 1. The molecule has 0 saturated carbocycles. The standard InChI is InChI=1S/C13H17N3O4S/c1-2-21(20)7-6-15-12(17)9-14-13(15)10-4-3-5-11(8-10)16(18)19/h3-5,8,13-14H,2,6-7,9H2,1H3. The van der Waals surface area contributed by atoms with Gasteiger partial charge in [0, 0.05) is 41.0 Å². The van der Waals surface area contributed by atoms with E-state index in [0.29, 0.717) is 23.6 Å². The van der Waals surface area contributed by atoms with Gasteiger partial charge < -0.3 is 4.90 Å². The SMILES string of the molecule is CCS(=O)CCN1C(=O)CNC1c1cccc([N+](=O)[O-])c1. The van der Waals surface area contributed by atoms with Gasteiger partial charge in [-0.05, 0) is 5.56 Å². The first-order valence-corrected chi connectivity index (χ1v) is 8.14. The zero-order valence-corrected chi connectivity index (χ0v) is 12.5. The molecule has 114 valence electrons. The maximum Gasteiger partial charge on any atom is 0.269 e. The highest BCUT2D eigenvalue weighted by Crippen LogP contribution is 2.25. The molecule has 0 aliphatic carbocycles. The molecular formula is C13H17N3O4S. The Kier molecular flexibility index (Phi) is 5.03. The fourth-order valence-corrected chi connectivity index (χ4v) is 2.93. The normalized spacial score (nSPS) is 19.8. The maximum atomic E-state index is 11.9. The summed E-state index contributed by atoms with van der Waals surface area (Å²) in [5, 5.41) is 13.9. The molecule has 2 atom stereocenters. The minimum Gasteiger partial charge on any atom is -0.321 e. The van der Waals surface area contributed by atoms with Crippen LogP contribution in [0.1, 0.15) is 18.7 Å². The van der Waals surface area contributed by atoms with Crippen molar-refractivity contribution in [3.05, 3.63) is 39.9 Å². The van der Waals surface area contributed by atoms with Gasteiger partial charge in [0.15, 0.2) is 0 Å². The van der Waals surface area contributed by atoms with Crippen molar-refractivity contribution in [3.8, 4) is 0 Å². The fraction of sp³-hybridized carbons (Fsp3) is 0.462. The zero-order chi connectivity index (χ0) is 15.4. The lowest BCUT2D eigenvalue weighted by molar-refractivity contribution is -0.385. The Morgan fingerprint density at radius 2 is 2.29 bits per heavy atom. The second-order valence-corrected chi connectivity index (χ2v) is 6.52. The predicted molar refractivity (Wildman–Crippen MR) is 79.1 cm³/mol. The highest BCUT2D eigenvalue weighted by molar-refractivity contribution is 7.84. The van der Waals surface area contributed by atoms with Gasteiger partial charge in [0.05, 0.1) is 11.5 Å². The van der Waals surface area contributed by atoms with Gasteiger partial charge in [0.25, 0.3) is 5.69 Å². The van der Waals surface area contributed by atoms with Crippen LogP contribution in [0.15, 0.2) is 24.3 Å². The summed E-state index contributed by atoms with van der Waals surface area (Å²) >= 11 is 0. The quantitative estimate of drug-likeness (QED) is 0.619. The summed E-state index contributed by atoms with van der Waals surface area (Å²) < 4.78 is 11.5. The molecule has 0 aromatic heterocycles. The van der Waals surface area contributed by atoms with E-state index in [-0.39, 0.29) is 18.1 Å². The van der Waals surface area contributed by atoms with Crippen LogP contribution in [-0.2, 0) is 15.6 Å². The van der Waals surface area contributed by atoms with Crippen LogP contribution in [0.3, 0.4) is 0 Å². The first-order chi connectivity index (χ1) is 10.0. The van der Waals surface area contributed by atoms with Crippen LogP contribution in [0.5, 0.6) is 0 Å². The van der Waals surface area contributed by atoms with Crippen LogP contribution in [0.4, 0.5) is 5.69 Å². The van der Waals surface area contributed by atoms with Crippen LogP contribution in [0.2, 0.25) is 0 Å². The van der Waals surface area contributed by atoms with Gasteiger partial charge in [0.2, 0.25) is 5.91 Å². The van der Waals surface area contributed by atoms with E-state index in [0.717, 1.165) is 0 Å². The monoisotopic (exact) mass is 311 g/mol. The van der Waals surface area contributed by atoms with Crippen molar-refractivity contribution in [3.63, 3.8) is 0 Å². The number of nitro groups is 1. The summed E-state index contributed by atoms with van der Waals surface area (Å²) in [5.74, 6) is 0.881. The first kappa shape index (κ1) is 15.6. The lowest BCUT2D eigenvalue weighted by Crippen LogP contribution is -2.33. The molecule has 1 N–H and O–H groups in total. The summed E-state index contributed by atoms with van der Waals surface area (Å²) in [6.45, 7) is 2.39. The molecule has 21 heavy (non-hydrogen) atoms. The molecular weight excluding hydrogens is 294 g/mol. The lowest BCUT2D eigenvalue weighted by atomic mass is 10.1. The Morgan fingerprint density at radius 3 is 2.95 bits per heavy atom. The third-order valence-corrected chi connectivity index (χ3v) is 4.64. The summed E-state index contributed by atoms with van der Waals surface area (Å²) in [6, 6.07) is 6.21. The number of nitrogens with one attached hydrogen (secondary N) is 1. The van der Waals surface area contributed by atoms with E-state index >= 15 is 0 Å². The van der Waals surface area contributed by atoms with Gasteiger partial charge in [-0.1, -0.05) is 19.1 Å². The van der Waals surface area contributed by atoms with E-state index in [1.54, 1.807) is 17.0 Å². The van der Waals surface area contributed by atoms with Gasteiger partial charge in [0.1, 0.15) is 6.17 Å². The molecule has 1 amide bonds. The van der Waals surface area contributed by atoms with Crippen molar-refractivity contribution in [2.24, 2.45) is 0 Å². The van der Waals surface area contributed by atoms with E-state index in [1.807, 2.05) is 6.92 Å². The van der Waals surface area contributed by atoms with Crippen molar-refractivity contribution < 1.29 is 13.9 Å². The van der Waals surface area contributed by atoms with Gasteiger partial charge in [-0.2, -0.15) is 0 Å². The van der Waals surface area contributed by atoms with Crippen LogP contribution in [-0.4, -0.2) is 44.5 Å². The smallest absolute Gasteiger partial charge is 0.269 e. The Morgan fingerprint density at radius 1 is 1.52 bits per heavy atom. The van der Waals surface area contributed by atoms with Crippen LogP contribution < -0.4 is 5.32 Å². The number of hydrogen-bond donors (Lipinski definition) is 1. The molecule has 1 aromatic rings. The molecule has 8 heteroatoms. The van der Waals surface area contributed by atoms with Gasteiger partial charge in [-0.15, -0.1) is 0 Å². The molecule has 0 bridgehead atoms. The average Bonchev–Trinajstić information content (AvgIpc) is 2.85. The summed E-state index contributed by atoms with van der Waals surface area (Å²) in [4.78, 5) is 23.9. The summed E-state index contributed by atoms with van der Waals surface area (Å²) in [5.41, 5.74) is 0.656. The molecule has 1 heterocycles. The Labute approximate surface area is 124 Å². The Balaban J connectivity index is 2.17. The van der Waals surface area contributed by atoms with E-state index in [2.05, 4.69) is 5.32 Å². The zero-order valence-electron chi connectivity index (χ0n) is 11.7. The molecule has 0 radical (unpaired) electrons. The number of hydrogen-bond acceptors (Lipinski definition) is 5. The number of non-ortho nitro benzene ring substituents is 1. The number of rotatable bonds is 6. The highest BCUT2D eigenvalue weighted by Gasteiger charge is 2.32. The molecule has 0 spiro atoms. The molecule has 1 aliphatic rings.